The van der Waals surface area contributed by atoms with E-state index in [4.69, 9.17) is 9.97 Å². The average Bonchev–Trinajstić information content (AvgIpc) is 3.67. The number of fused-ring (bicyclic) bond motifs is 11. The molecule has 0 amide bonds. The van der Waals surface area contributed by atoms with Crippen LogP contribution in [-0.2, 0) is 0 Å². The molecule has 6 aromatic carbocycles. The Balaban J connectivity index is 1.31. The highest BCUT2D eigenvalue weighted by Gasteiger charge is 2.20. The first-order valence-corrected chi connectivity index (χ1v) is 15.8. The second kappa shape index (κ2) is 10.0. The van der Waals surface area contributed by atoms with Gasteiger partial charge in [0.2, 0.25) is 5.95 Å². The molecule has 0 saturated heterocycles. The first kappa shape index (κ1) is 26.8. The molecule has 0 unspecified atom stereocenters. The van der Waals surface area contributed by atoms with E-state index in [0.29, 0.717) is 17.3 Å². The summed E-state index contributed by atoms with van der Waals surface area (Å²) >= 11 is 0. The van der Waals surface area contributed by atoms with Crippen LogP contribution < -0.4 is 0 Å². The van der Waals surface area contributed by atoms with E-state index in [-0.39, 0.29) is 11.6 Å². The molecule has 4 heterocycles. The van der Waals surface area contributed by atoms with E-state index in [1.54, 1.807) is 24.3 Å². The van der Waals surface area contributed by atoms with Crippen LogP contribution in [0.3, 0.4) is 0 Å². The minimum absolute atomic E-state index is 0.321. The molecule has 226 valence electrons. The van der Waals surface area contributed by atoms with Crippen molar-refractivity contribution in [2.75, 3.05) is 0 Å². The summed E-state index contributed by atoms with van der Waals surface area (Å²) in [6, 6.07) is 46.6. The van der Waals surface area contributed by atoms with Gasteiger partial charge in [0.05, 0.1) is 39.0 Å². The summed E-state index contributed by atoms with van der Waals surface area (Å²) in [5, 5.41) is 6.89. The molecule has 0 fully saturated rings. The fraction of sp³-hybridized carbons (Fsp3) is 0. The van der Waals surface area contributed by atoms with Crippen molar-refractivity contribution in [1.82, 2.24) is 18.9 Å². The minimum Gasteiger partial charge on any atom is -0.309 e. The Labute approximate surface area is 272 Å². The lowest BCUT2D eigenvalue weighted by atomic mass is 10.1. The van der Waals surface area contributed by atoms with E-state index < -0.39 is 0 Å². The smallest absolute Gasteiger partial charge is 0.235 e. The second-order valence-electron chi connectivity index (χ2n) is 12.2. The minimum atomic E-state index is -0.321. The van der Waals surface area contributed by atoms with E-state index in [1.807, 2.05) is 12.1 Å². The van der Waals surface area contributed by atoms with Crippen LogP contribution in [0.1, 0.15) is 0 Å². The van der Waals surface area contributed by atoms with Gasteiger partial charge in [-0.15, -0.1) is 0 Å². The summed E-state index contributed by atoms with van der Waals surface area (Å²) in [7, 11) is 0. The molecular formula is C42H24F2N4. The summed E-state index contributed by atoms with van der Waals surface area (Å²) in [5.74, 6) is -0.168. The van der Waals surface area contributed by atoms with Crippen LogP contribution in [0.2, 0.25) is 0 Å². The largest absolute Gasteiger partial charge is 0.309 e. The average molecular weight is 623 g/mol. The van der Waals surface area contributed by atoms with Crippen molar-refractivity contribution in [1.29, 1.82) is 0 Å². The highest BCUT2D eigenvalue weighted by atomic mass is 19.1. The number of aromatic nitrogens is 4. The highest BCUT2D eigenvalue weighted by molar-refractivity contribution is 6.18. The van der Waals surface area contributed by atoms with Crippen LogP contribution >= 0.6 is 0 Å². The third-order valence-corrected chi connectivity index (χ3v) is 9.43. The number of hydrogen-bond acceptors (Lipinski definition) is 2. The number of pyridine rings is 1. The van der Waals surface area contributed by atoms with Crippen LogP contribution in [0.5, 0.6) is 0 Å². The van der Waals surface area contributed by atoms with Gasteiger partial charge >= 0.3 is 0 Å². The Morgan fingerprint density at radius 2 is 0.896 bits per heavy atom. The van der Waals surface area contributed by atoms with Gasteiger partial charge in [-0.3, -0.25) is 4.57 Å². The van der Waals surface area contributed by atoms with Crippen molar-refractivity contribution in [2.24, 2.45) is 0 Å². The van der Waals surface area contributed by atoms with Crippen LogP contribution in [0, 0.1) is 11.6 Å². The zero-order chi connectivity index (χ0) is 31.9. The molecule has 0 aliphatic rings. The van der Waals surface area contributed by atoms with Gasteiger partial charge < -0.3 is 4.40 Å². The van der Waals surface area contributed by atoms with Crippen LogP contribution in [0.4, 0.5) is 8.78 Å². The van der Waals surface area contributed by atoms with E-state index >= 15 is 0 Å². The summed E-state index contributed by atoms with van der Waals surface area (Å²) in [6.07, 6.45) is 0. The predicted octanol–water partition coefficient (Wildman–Crippen LogP) is 10.9. The van der Waals surface area contributed by atoms with Gasteiger partial charge in [0, 0.05) is 38.1 Å². The summed E-state index contributed by atoms with van der Waals surface area (Å²) < 4.78 is 32.4. The van der Waals surface area contributed by atoms with Gasteiger partial charge in [-0.2, -0.15) is 0 Å². The fourth-order valence-electron chi connectivity index (χ4n) is 7.25. The molecule has 0 aliphatic carbocycles. The molecule has 4 aromatic heterocycles. The van der Waals surface area contributed by atoms with Crippen molar-refractivity contribution < 1.29 is 8.78 Å². The van der Waals surface area contributed by atoms with Crippen molar-refractivity contribution in [3.63, 3.8) is 0 Å². The Kier molecular flexibility index (Phi) is 5.61. The molecule has 0 saturated carbocycles. The lowest BCUT2D eigenvalue weighted by molar-refractivity contribution is 0.627. The molecule has 10 aromatic rings. The van der Waals surface area contributed by atoms with Gasteiger partial charge in [-0.05, 0) is 90.3 Å². The fourth-order valence-corrected chi connectivity index (χ4v) is 7.25. The van der Waals surface area contributed by atoms with E-state index in [2.05, 4.69) is 93.9 Å². The SMILES string of the molecule is Fc1ccc(-c2cc(-c3ccc(F)cc3)nc(-n3c4ccccc4c4cc5c(cc43)cc3c4ccccc4c4ccccc4n53)n2)cc1. The first-order valence-electron chi connectivity index (χ1n) is 15.8. The Morgan fingerprint density at radius 3 is 1.52 bits per heavy atom. The summed E-state index contributed by atoms with van der Waals surface area (Å²) in [6.45, 7) is 0. The summed E-state index contributed by atoms with van der Waals surface area (Å²) in [5.41, 5.74) is 8.14. The maximum atomic E-state index is 13.9. The van der Waals surface area contributed by atoms with Crippen molar-refractivity contribution in [2.45, 2.75) is 0 Å². The summed E-state index contributed by atoms with van der Waals surface area (Å²) in [4.78, 5) is 10.1. The van der Waals surface area contributed by atoms with Crippen LogP contribution in [0.25, 0.3) is 88.4 Å². The molecule has 10 rings (SSSR count). The zero-order valence-electron chi connectivity index (χ0n) is 25.4. The standard InChI is InChI=1S/C42H24F2N4/c43-28-17-13-25(14-18-28)35-24-36(26-15-19-29(44)20-16-26)46-42(45-35)48-38-12-6-4-10-33(38)34-23-39-27(22-41(34)48)21-40-32-9-2-1-7-30(32)31-8-3-5-11-37(31)47(39)40/h1-24H. The van der Waals surface area contributed by atoms with E-state index in [0.717, 1.165) is 54.9 Å². The quantitative estimate of drug-likeness (QED) is 0.184. The third kappa shape index (κ3) is 3.93. The first-order chi connectivity index (χ1) is 23.6. The normalized spacial score (nSPS) is 12.0. The number of hydrogen-bond donors (Lipinski definition) is 0. The maximum absolute atomic E-state index is 13.9. The van der Waals surface area contributed by atoms with Gasteiger partial charge in [0.25, 0.3) is 0 Å². The van der Waals surface area contributed by atoms with E-state index in [9.17, 15) is 8.78 Å². The molecule has 0 aliphatic heterocycles. The maximum Gasteiger partial charge on any atom is 0.235 e. The number of benzene rings is 6. The van der Waals surface area contributed by atoms with Crippen LogP contribution in [0.15, 0.2) is 146 Å². The molecule has 48 heavy (non-hydrogen) atoms. The topological polar surface area (TPSA) is 35.1 Å². The van der Waals surface area contributed by atoms with Gasteiger partial charge in [-0.25, -0.2) is 18.7 Å². The number of rotatable bonds is 3. The number of nitrogens with zero attached hydrogens (tertiary/aromatic N) is 4. The second-order valence-corrected chi connectivity index (χ2v) is 12.2. The molecule has 0 N–H and O–H groups in total. The highest BCUT2D eigenvalue weighted by Crippen LogP contribution is 2.39. The van der Waals surface area contributed by atoms with Gasteiger partial charge in [-0.1, -0.05) is 60.7 Å². The lowest BCUT2D eigenvalue weighted by Crippen LogP contribution is -2.04. The van der Waals surface area contributed by atoms with Crippen molar-refractivity contribution >= 4 is 59.9 Å². The monoisotopic (exact) mass is 622 g/mol. The van der Waals surface area contributed by atoms with Crippen molar-refractivity contribution in [3.8, 4) is 28.5 Å². The zero-order valence-corrected chi connectivity index (χ0v) is 25.4. The lowest BCUT2D eigenvalue weighted by Gasteiger charge is -2.12. The number of para-hydroxylation sites is 2. The van der Waals surface area contributed by atoms with Crippen LogP contribution in [-0.4, -0.2) is 18.9 Å². The molecule has 0 radical (unpaired) electrons. The Bertz CT molecular complexity index is 2840. The van der Waals surface area contributed by atoms with Crippen molar-refractivity contribution in [3.05, 3.63) is 157 Å². The number of halogens is 2. The molecule has 4 nitrogen and oxygen atoms in total. The molecule has 0 spiro atoms. The Hall–Kier alpha value is -6.40. The third-order valence-electron chi connectivity index (χ3n) is 9.43. The Morgan fingerprint density at radius 1 is 0.396 bits per heavy atom. The molecular weight excluding hydrogens is 598 g/mol. The van der Waals surface area contributed by atoms with E-state index in [1.165, 1.54) is 40.4 Å². The molecule has 0 bridgehead atoms. The molecule has 0 atom stereocenters. The van der Waals surface area contributed by atoms with Gasteiger partial charge in [0.1, 0.15) is 11.6 Å². The van der Waals surface area contributed by atoms with Gasteiger partial charge in [0.15, 0.2) is 0 Å². The molecule has 6 heteroatoms. The predicted molar refractivity (Wildman–Crippen MR) is 191 cm³/mol.